The number of ketones is 1. The Bertz CT molecular complexity index is 1710. The summed E-state index contributed by atoms with van der Waals surface area (Å²) in [5.41, 5.74) is 7.41. The lowest BCUT2D eigenvalue weighted by atomic mass is 10.1. The van der Waals surface area contributed by atoms with E-state index >= 15 is 0 Å². The number of fused-ring (bicyclic) bond motifs is 1. The molecular formula is C30H28N4O3. The topological polar surface area (TPSA) is 78.5 Å². The van der Waals surface area contributed by atoms with Gasteiger partial charge in [0.15, 0.2) is 23.8 Å². The number of hydrogen-bond donors (Lipinski definition) is 0. The number of pyridine rings is 1. The van der Waals surface area contributed by atoms with Crippen LogP contribution in [0.15, 0.2) is 71.7 Å². The molecule has 0 saturated carbocycles. The summed E-state index contributed by atoms with van der Waals surface area (Å²) in [7, 11) is 0. The molecule has 37 heavy (non-hydrogen) atoms. The van der Waals surface area contributed by atoms with Crippen LogP contribution in [0, 0.1) is 34.6 Å². The lowest BCUT2D eigenvalue weighted by Gasteiger charge is -2.11. The Morgan fingerprint density at radius 3 is 2.41 bits per heavy atom. The number of hydrogen-bond acceptors (Lipinski definition) is 5. The summed E-state index contributed by atoms with van der Waals surface area (Å²) in [4.78, 5) is 30.9. The van der Waals surface area contributed by atoms with Crippen molar-refractivity contribution in [3.05, 3.63) is 111 Å². The van der Waals surface area contributed by atoms with E-state index in [9.17, 15) is 9.59 Å². The molecule has 3 aromatic heterocycles. The summed E-state index contributed by atoms with van der Waals surface area (Å²) in [5, 5.41) is 4.79. The highest BCUT2D eigenvalue weighted by molar-refractivity contribution is 5.97. The lowest BCUT2D eigenvalue weighted by molar-refractivity contribution is 0.0922. The standard InChI is InChI=1S/C30H28N4O3/c1-18-9-12-23(13-10-18)26(35)17-37-27-7-6-14-33-29(27)31-22(5)28(30(33)36)24-16-21(4)34(32-24)25-15-19(2)8-11-20(25)3/h6-16H,17H2,1-5H3. The number of aromatic nitrogens is 4. The van der Waals surface area contributed by atoms with Crippen LogP contribution in [-0.2, 0) is 0 Å². The van der Waals surface area contributed by atoms with Crippen LogP contribution in [0.3, 0.4) is 0 Å². The number of rotatable bonds is 6. The SMILES string of the molecule is Cc1ccc(C(=O)COc2cccn3c(=O)c(-c4cc(C)n(-c5cc(C)ccc5C)n4)c(C)nc23)cc1. The van der Waals surface area contributed by atoms with Crippen molar-refractivity contribution in [1.29, 1.82) is 0 Å². The Kier molecular flexibility index (Phi) is 6.21. The molecule has 0 unspecified atom stereocenters. The van der Waals surface area contributed by atoms with Gasteiger partial charge in [0, 0.05) is 17.5 Å². The number of carbonyl (C=O) groups excluding carboxylic acids is 1. The average molecular weight is 493 g/mol. The van der Waals surface area contributed by atoms with Crippen molar-refractivity contribution in [2.75, 3.05) is 6.61 Å². The van der Waals surface area contributed by atoms with Crippen LogP contribution in [0.2, 0.25) is 0 Å². The number of carbonyl (C=O) groups is 1. The highest BCUT2D eigenvalue weighted by atomic mass is 16.5. The molecule has 0 fully saturated rings. The minimum absolute atomic E-state index is 0.148. The molecule has 0 aliphatic carbocycles. The zero-order chi connectivity index (χ0) is 26.3. The van der Waals surface area contributed by atoms with Gasteiger partial charge in [0.1, 0.15) is 5.69 Å². The van der Waals surface area contributed by atoms with Crippen LogP contribution in [0.1, 0.15) is 38.4 Å². The van der Waals surface area contributed by atoms with E-state index in [1.165, 1.54) is 4.40 Å². The first kappa shape index (κ1) is 24.2. The third kappa shape index (κ3) is 4.56. The van der Waals surface area contributed by atoms with Gasteiger partial charge in [-0.2, -0.15) is 5.10 Å². The van der Waals surface area contributed by atoms with Gasteiger partial charge in [-0.3, -0.25) is 14.0 Å². The van der Waals surface area contributed by atoms with E-state index in [4.69, 9.17) is 14.8 Å². The fraction of sp³-hybridized carbons (Fsp3) is 0.200. The first-order valence-corrected chi connectivity index (χ1v) is 12.1. The van der Waals surface area contributed by atoms with Gasteiger partial charge in [0.25, 0.3) is 5.56 Å². The van der Waals surface area contributed by atoms with E-state index in [1.807, 2.05) is 50.6 Å². The van der Waals surface area contributed by atoms with Crippen molar-refractivity contribution in [3.8, 4) is 22.7 Å². The molecule has 7 nitrogen and oxygen atoms in total. The van der Waals surface area contributed by atoms with Gasteiger partial charge < -0.3 is 4.74 Å². The second-order valence-electron chi connectivity index (χ2n) is 9.39. The maximum absolute atomic E-state index is 13.6. The van der Waals surface area contributed by atoms with Crippen molar-refractivity contribution in [2.24, 2.45) is 0 Å². The van der Waals surface area contributed by atoms with Crippen LogP contribution in [-0.4, -0.2) is 31.6 Å². The number of aryl methyl sites for hydroxylation is 5. The molecule has 5 aromatic rings. The molecule has 2 aromatic carbocycles. The van der Waals surface area contributed by atoms with Gasteiger partial charge in [-0.25, -0.2) is 9.67 Å². The summed E-state index contributed by atoms with van der Waals surface area (Å²) in [6.07, 6.45) is 1.65. The number of ether oxygens (including phenoxy) is 1. The lowest BCUT2D eigenvalue weighted by Crippen LogP contribution is -2.20. The van der Waals surface area contributed by atoms with Gasteiger partial charge in [0.2, 0.25) is 0 Å². The quantitative estimate of drug-likeness (QED) is 0.299. The van der Waals surface area contributed by atoms with Gasteiger partial charge >= 0.3 is 0 Å². The van der Waals surface area contributed by atoms with E-state index in [0.29, 0.717) is 33.9 Å². The van der Waals surface area contributed by atoms with Gasteiger partial charge in [-0.15, -0.1) is 0 Å². The van der Waals surface area contributed by atoms with Crippen molar-refractivity contribution >= 4 is 11.4 Å². The van der Waals surface area contributed by atoms with Crippen LogP contribution >= 0.6 is 0 Å². The number of benzene rings is 2. The second-order valence-corrected chi connectivity index (χ2v) is 9.39. The molecular weight excluding hydrogens is 464 g/mol. The summed E-state index contributed by atoms with van der Waals surface area (Å²) in [6, 6.07) is 18.9. The molecule has 5 rings (SSSR count). The highest BCUT2D eigenvalue weighted by Gasteiger charge is 2.19. The van der Waals surface area contributed by atoms with Gasteiger partial charge in [0.05, 0.1) is 16.9 Å². The van der Waals surface area contributed by atoms with Crippen molar-refractivity contribution < 1.29 is 9.53 Å². The first-order valence-electron chi connectivity index (χ1n) is 12.1. The van der Waals surface area contributed by atoms with Gasteiger partial charge in [-0.1, -0.05) is 42.0 Å². The summed E-state index contributed by atoms with van der Waals surface area (Å²) >= 11 is 0. The maximum Gasteiger partial charge on any atom is 0.267 e. The summed E-state index contributed by atoms with van der Waals surface area (Å²) in [5.74, 6) is 0.219. The van der Waals surface area contributed by atoms with Crippen LogP contribution in [0.5, 0.6) is 5.75 Å². The molecule has 0 aliphatic rings. The highest BCUT2D eigenvalue weighted by Crippen LogP contribution is 2.25. The Morgan fingerprint density at radius 2 is 1.65 bits per heavy atom. The predicted molar refractivity (Wildman–Crippen MR) is 144 cm³/mol. The monoisotopic (exact) mass is 492 g/mol. The molecule has 186 valence electrons. The minimum Gasteiger partial charge on any atom is -0.482 e. The molecule has 3 heterocycles. The van der Waals surface area contributed by atoms with Crippen LogP contribution in [0.25, 0.3) is 22.6 Å². The van der Waals surface area contributed by atoms with E-state index in [-0.39, 0.29) is 17.9 Å². The van der Waals surface area contributed by atoms with E-state index in [0.717, 1.165) is 28.1 Å². The zero-order valence-electron chi connectivity index (χ0n) is 21.6. The molecule has 0 spiro atoms. The smallest absolute Gasteiger partial charge is 0.267 e. The summed E-state index contributed by atoms with van der Waals surface area (Å²) < 4.78 is 9.14. The Balaban J connectivity index is 1.51. The Morgan fingerprint density at radius 1 is 0.919 bits per heavy atom. The molecule has 7 heteroatoms. The van der Waals surface area contributed by atoms with Crippen molar-refractivity contribution in [3.63, 3.8) is 0 Å². The molecule has 0 atom stereocenters. The predicted octanol–water partition coefficient (Wildman–Crippen LogP) is 5.35. The normalized spacial score (nSPS) is 11.2. The molecule has 0 amide bonds. The Hall–Kier alpha value is -4.52. The third-order valence-electron chi connectivity index (χ3n) is 6.47. The van der Waals surface area contributed by atoms with Crippen molar-refractivity contribution in [1.82, 2.24) is 19.2 Å². The first-order chi connectivity index (χ1) is 17.7. The van der Waals surface area contributed by atoms with Gasteiger partial charge in [-0.05, 0) is 70.0 Å². The van der Waals surface area contributed by atoms with Crippen LogP contribution in [0.4, 0.5) is 0 Å². The largest absolute Gasteiger partial charge is 0.482 e. The fourth-order valence-electron chi connectivity index (χ4n) is 4.40. The van der Waals surface area contributed by atoms with E-state index in [1.54, 1.807) is 37.4 Å². The fourth-order valence-corrected chi connectivity index (χ4v) is 4.40. The summed E-state index contributed by atoms with van der Waals surface area (Å²) in [6.45, 7) is 9.65. The second kappa shape index (κ2) is 9.50. The molecule has 0 saturated heterocycles. The molecule has 0 bridgehead atoms. The average Bonchev–Trinajstić information content (AvgIpc) is 3.25. The molecule has 0 N–H and O–H groups in total. The molecule has 0 aliphatic heterocycles. The maximum atomic E-state index is 13.6. The Labute approximate surface area is 215 Å². The third-order valence-corrected chi connectivity index (χ3v) is 6.47. The number of Topliss-reactive ketones (excluding diaryl/α,β-unsaturated/α-hetero) is 1. The van der Waals surface area contributed by atoms with Crippen LogP contribution < -0.4 is 10.3 Å². The number of nitrogens with zero attached hydrogens (tertiary/aromatic N) is 4. The van der Waals surface area contributed by atoms with Crippen molar-refractivity contribution in [2.45, 2.75) is 34.6 Å². The minimum atomic E-state index is -0.247. The zero-order valence-corrected chi connectivity index (χ0v) is 21.6. The van der Waals surface area contributed by atoms with E-state index in [2.05, 4.69) is 18.2 Å². The van der Waals surface area contributed by atoms with E-state index < -0.39 is 0 Å². The molecule has 0 radical (unpaired) electrons.